The third kappa shape index (κ3) is 3.09. The lowest BCUT2D eigenvalue weighted by molar-refractivity contribution is -0.498. The van der Waals surface area contributed by atoms with Crippen molar-refractivity contribution in [3.05, 3.63) is 20.2 Å². The summed E-state index contributed by atoms with van der Waals surface area (Å²) in [6.45, 7) is -1.24. The molecule has 0 aliphatic heterocycles. The Hall–Kier alpha value is -1.53. The van der Waals surface area contributed by atoms with E-state index >= 15 is 0 Å². The third-order valence-corrected chi connectivity index (χ3v) is 0.468. The van der Waals surface area contributed by atoms with Gasteiger partial charge in [-0.05, 0) is 0 Å². The summed E-state index contributed by atoms with van der Waals surface area (Å²) in [4.78, 5) is 26.2. The Kier molecular flexibility index (Phi) is 2.24. The molecule has 0 rings (SSSR count). The summed E-state index contributed by atoms with van der Waals surface area (Å²) in [5.74, 6) is -1.60. The smallest absolute Gasteiger partial charge is 0.264 e. The van der Waals surface area contributed by atoms with Gasteiger partial charge in [-0.25, -0.2) is 4.79 Å². The SMILES string of the molecule is O=C(C[N+](=O)[O-])[N+](=O)[O-]. The first kappa shape index (κ1) is 7.47. The van der Waals surface area contributed by atoms with E-state index < -0.39 is 22.3 Å². The molecule has 0 spiro atoms. The van der Waals surface area contributed by atoms with Crippen molar-refractivity contribution in [3.63, 3.8) is 0 Å². The predicted molar refractivity (Wildman–Crippen MR) is 23.9 cm³/mol. The molecule has 9 heavy (non-hydrogen) atoms. The van der Waals surface area contributed by atoms with Gasteiger partial charge in [-0.2, -0.15) is 0 Å². The van der Waals surface area contributed by atoms with Crippen molar-refractivity contribution >= 4 is 5.91 Å². The van der Waals surface area contributed by atoms with Gasteiger partial charge < -0.3 is 0 Å². The molecule has 0 fully saturated rings. The summed E-state index contributed by atoms with van der Waals surface area (Å²) in [7, 11) is 0. The van der Waals surface area contributed by atoms with Crippen molar-refractivity contribution < 1.29 is 14.6 Å². The minimum Gasteiger partial charge on any atom is -0.264 e. The van der Waals surface area contributed by atoms with Gasteiger partial charge in [0.05, 0.1) is 0 Å². The summed E-state index contributed by atoms with van der Waals surface area (Å²) < 4.78 is 0. The number of carbonyl (C=O) groups is 1. The lowest BCUT2D eigenvalue weighted by atomic mass is 10.6. The van der Waals surface area contributed by atoms with E-state index in [0.29, 0.717) is 0 Å². The van der Waals surface area contributed by atoms with Gasteiger partial charge in [0.15, 0.2) is 0 Å². The van der Waals surface area contributed by atoms with Crippen LogP contribution in [0.5, 0.6) is 0 Å². The molecule has 0 aromatic carbocycles. The normalized spacial score (nSPS) is 8.44. The van der Waals surface area contributed by atoms with Gasteiger partial charge in [-0.3, -0.25) is 20.2 Å². The summed E-state index contributed by atoms with van der Waals surface area (Å²) in [5, 5.41) is 18.8. The second-order valence-corrected chi connectivity index (χ2v) is 1.14. The van der Waals surface area contributed by atoms with E-state index in [9.17, 15) is 25.0 Å². The molecule has 50 valence electrons. The van der Waals surface area contributed by atoms with Crippen molar-refractivity contribution in [1.29, 1.82) is 0 Å². The van der Waals surface area contributed by atoms with Gasteiger partial charge in [0, 0.05) is 4.92 Å². The van der Waals surface area contributed by atoms with Crippen LogP contribution in [0.3, 0.4) is 0 Å². The van der Waals surface area contributed by atoms with Crippen molar-refractivity contribution in [3.8, 4) is 0 Å². The highest BCUT2D eigenvalue weighted by Gasteiger charge is 2.21. The zero-order valence-electron chi connectivity index (χ0n) is 4.14. The molecule has 1 amide bonds. The third-order valence-electron chi connectivity index (χ3n) is 0.468. The van der Waals surface area contributed by atoms with E-state index in [1.54, 1.807) is 0 Å². The molecule has 7 heteroatoms. The number of nitro groups is 2. The van der Waals surface area contributed by atoms with E-state index in [-0.39, 0.29) is 0 Å². The van der Waals surface area contributed by atoms with Crippen LogP contribution >= 0.6 is 0 Å². The maximum Gasteiger partial charge on any atom is 0.514 e. The van der Waals surface area contributed by atoms with Crippen LogP contribution in [-0.4, -0.2) is 22.3 Å². The largest absolute Gasteiger partial charge is 0.514 e. The lowest BCUT2D eigenvalue weighted by Gasteiger charge is -1.82. The molecule has 0 N–H and O–H groups in total. The highest BCUT2D eigenvalue weighted by molar-refractivity contribution is 5.67. The summed E-state index contributed by atoms with van der Waals surface area (Å²) in [5.41, 5.74) is 0. The van der Waals surface area contributed by atoms with Crippen LogP contribution in [0.1, 0.15) is 0 Å². The van der Waals surface area contributed by atoms with Crippen LogP contribution in [0.15, 0.2) is 0 Å². The average molecular weight is 134 g/mol. The van der Waals surface area contributed by atoms with Gasteiger partial charge >= 0.3 is 12.5 Å². The number of hydrogen-bond acceptors (Lipinski definition) is 5. The van der Waals surface area contributed by atoms with Gasteiger partial charge in [0.1, 0.15) is 4.92 Å². The first-order chi connectivity index (χ1) is 4.04. The van der Waals surface area contributed by atoms with Crippen LogP contribution < -0.4 is 0 Å². The molecule has 7 nitrogen and oxygen atoms in total. The summed E-state index contributed by atoms with van der Waals surface area (Å²) in [6.07, 6.45) is 0. The maximum atomic E-state index is 9.81. The molecule has 0 aliphatic carbocycles. The Balaban J connectivity index is 3.79. The minimum absolute atomic E-state index is 1.05. The molecule has 0 bridgehead atoms. The van der Waals surface area contributed by atoms with Crippen molar-refractivity contribution in [1.82, 2.24) is 0 Å². The zero-order chi connectivity index (χ0) is 7.44. The minimum atomic E-state index is -1.60. The number of nitrogens with zero attached hydrogens (tertiary/aromatic N) is 2. The fourth-order valence-corrected chi connectivity index (χ4v) is 0.168. The van der Waals surface area contributed by atoms with Crippen LogP contribution in [0, 0.1) is 20.2 Å². The molecule has 0 saturated carbocycles. The van der Waals surface area contributed by atoms with Crippen molar-refractivity contribution in [2.75, 3.05) is 6.54 Å². The number of carbonyl (C=O) groups excluding carboxylic acids is 1. The molecule has 0 aromatic heterocycles. The Morgan fingerprint density at radius 1 is 1.33 bits per heavy atom. The molecule has 0 saturated heterocycles. The molecule has 0 radical (unpaired) electrons. The lowest BCUT2D eigenvalue weighted by Crippen LogP contribution is -2.21. The first-order valence-corrected chi connectivity index (χ1v) is 1.83. The Labute approximate surface area is 48.6 Å². The topological polar surface area (TPSA) is 103 Å². The van der Waals surface area contributed by atoms with Gasteiger partial charge in [-0.1, -0.05) is 0 Å². The summed E-state index contributed by atoms with van der Waals surface area (Å²) in [6, 6.07) is 0. The molecular weight excluding hydrogens is 132 g/mol. The molecule has 0 heterocycles. The first-order valence-electron chi connectivity index (χ1n) is 1.83. The second kappa shape index (κ2) is 2.70. The van der Waals surface area contributed by atoms with Crippen LogP contribution in [0.4, 0.5) is 0 Å². The predicted octanol–water partition coefficient (Wildman–Crippen LogP) is -0.934. The molecule has 0 aromatic rings. The van der Waals surface area contributed by atoms with Gasteiger partial charge in [-0.15, -0.1) is 0 Å². The Bertz CT molecular complexity index is 162. The van der Waals surface area contributed by atoms with E-state index in [2.05, 4.69) is 0 Å². The highest BCUT2D eigenvalue weighted by atomic mass is 16.6. The zero-order valence-corrected chi connectivity index (χ0v) is 4.14. The van der Waals surface area contributed by atoms with Crippen LogP contribution in [-0.2, 0) is 4.79 Å². The number of rotatable bonds is 2. The van der Waals surface area contributed by atoms with Gasteiger partial charge in [0.25, 0.3) is 0 Å². The quantitative estimate of drug-likeness (QED) is 0.358. The Morgan fingerprint density at radius 3 is 1.89 bits per heavy atom. The Morgan fingerprint density at radius 2 is 1.78 bits per heavy atom. The summed E-state index contributed by atoms with van der Waals surface area (Å²) >= 11 is 0. The van der Waals surface area contributed by atoms with E-state index in [1.165, 1.54) is 0 Å². The van der Waals surface area contributed by atoms with Crippen LogP contribution in [0.2, 0.25) is 0 Å². The van der Waals surface area contributed by atoms with Crippen molar-refractivity contribution in [2.24, 2.45) is 0 Å². The van der Waals surface area contributed by atoms with Gasteiger partial charge in [0.2, 0.25) is 0 Å². The molecule has 0 atom stereocenters. The standard InChI is InChI=1S/C2H2N2O5/c5-2(4(8)9)1-3(6)7/h1H2. The fraction of sp³-hybridized carbons (Fsp3) is 0.500. The van der Waals surface area contributed by atoms with E-state index in [0.717, 1.165) is 0 Å². The molecule has 0 unspecified atom stereocenters. The number of amides is 1. The number of hydrogen-bond donors (Lipinski definition) is 0. The van der Waals surface area contributed by atoms with Crippen molar-refractivity contribution in [2.45, 2.75) is 0 Å². The molecule has 0 aliphatic rings. The van der Waals surface area contributed by atoms with E-state index in [4.69, 9.17) is 0 Å². The molecular formula is C2H2N2O5. The van der Waals surface area contributed by atoms with E-state index in [1.807, 2.05) is 0 Å². The second-order valence-electron chi connectivity index (χ2n) is 1.14. The monoisotopic (exact) mass is 134 g/mol. The highest BCUT2D eigenvalue weighted by Crippen LogP contribution is 1.74. The van der Waals surface area contributed by atoms with Crippen LogP contribution in [0.25, 0.3) is 0 Å². The average Bonchev–Trinajstić information content (AvgIpc) is 1.63. The fourth-order valence-electron chi connectivity index (χ4n) is 0.168. The maximum absolute atomic E-state index is 9.81.